The lowest BCUT2D eigenvalue weighted by molar-refractivity contribution is 0.102. The Bertz CT molecular complexity index is 827. The quantitative estimate of drug-likeness (QED) is 0.717. The first-order valence-electron chi connectivity index (χ1n) is 6.39. The van der Waals surface area contributed by atoms with E-state index in [4.69, 9.17) is 11.6 Å². The summed E-state index contributed by atoms with van der Waals surface area (Å²) in [6, 6.07) is 17.3. The average Bonchev–Trinajstić information content (AvgIpc) is 2.50. The molecule has 0 aromatic heterocycles. The summed E-state index contributed by atoms with van der Waals surface area (Å²) >= 11 is 5.71. The molecule has 21 heavy (non-hydrogen) atoms. The number of carbonyl (C=O) groups is 1. The van der Waals surface area contributed by atoms with Crippen LogP contribution in [-0.2, 0) is 0 Å². The van der Waals surface area contributed by atoms with Crippen LogP contribution >= 0.6 is 11.6 Å². The maximum atomic E-state index is 13.1. The number of hydrogen-bond acceptors (Lipinski definition) is 1. The van der Waals surface area contributed by atoms with Gasteiger partial charge < -0.3 is 5.32 Å². The molecule has 0 atom stereocenters. The van der Waals surface area contributed by atoms with E-state index in [1.165, 1.54) is 18.2 Å². The van der Waals surface area contributed by atoms with Crippen molar-refractivity contribution >= 4 is 34.0 Å². The first-order valence-corrected chi connectivity index (χ1v) is 6.77. The zero-order chi connectivity index (χ0) is 14.8. The van der Waals surface area contributed by atoms with E-state index < -0.39 is 5.82 Å². The zero-order valence-corrected chi connectivity index (χ0v) is 11.7. The van der Waals surface area contributed by atoms with Gasteiger partial charge in [-0.05, 0) is 35.0 Å². The highest BCUT2D eigenvalue weighted by molar-refractivity contribution is 6.31. The summed E-state index contributed by atoms with van der Waals surface area (Å²) in [7, 11) is 0. The second-order valence-corrected chi connectivity index (χ2v) is 5.02. The van der Waals surface area contributed by atoms with Gasteiger partial charge in [0.15, 0.2) is 0 Å². The molecule has 0 saturated carbocycles. The Morgan fingerprint density at radius 1 is 1.00 bits per heavy atom. The van der Waals surface area contributed by atoms with Crippen LogP contribution in [0.3, 0.4) is 0 Å². The molecule has 3 rings (SSSR count). The molecule has 2 nitrogen and oxygen atoms in total. The second-order valence-electron chi connectivity index (χ2n) is 4.61. The Kier molecular flexibility index (Phi) is 3.59. The molecule has 0 heterocycles. The molecule has 3 aromatic carbocycles. The zero-order valence-electron chi connectivity index (χ0n) is 10.9. The average molecular weight is 300 g/mol. The molecular formula is C17H11ClFNO. The molecule has 0 fully saturated rings. The highest BCUT2D eigenvalue weighted by Gasteiger charge is 2.10. The molecule has 0 aliphatic rings. The number of nitrogens with one attached hydrogen (secondary N) is 1. The van der Waals surface area contributed by atoms with Gasteiger partial charge in [0.05, 0.1) is 5.02 Å². The maximum Gasteiger partial charge on any atom is 0.256 e. The van der Waals surface area contributed by atoms with Crippen LogP contribution in [0, 0.1) is 5.82 Å². The van der Waals surface area contributed by atoms with Crippen molar-refractivity contribution in [1.82, 2.24) is 0 Å². The largest absolute Gasteiger partial charge is 0.322 e. The third-order valence-corrected chi connectivity index (χ3v) is 3.50. The van der Waals surface area contributed by atoms with Crippen molar-refractivity contribution in [3.8, 4) is 0 Å². The summed E-state index contributed by atoms with van der Waals surface area (Å²) < 4.78 is 13.1. The minimum atomic E-state index is -0.514. The monoisotopic (exact) mass is 299 g/mol. The van der Waals surface area contributed by atoms with Crippen LogP contribution in [0.5, 0.6) is 0 Å². The van der Waals surface area contributed by atoms with Crippen LogP contribution in [0.25, 0.3) is 10.8 Å². The SMILES string of the molecule is O=C(Nc1ccc(F)c(Cl)c1)c1cccc2ccccc12. The summed E-state index contributed by atoms with van der Waals surface area (Å²) in [6.45, 7) is 0. The number of rotatable bonds is 2. The van der Waals surface area contributed by atoms with Crippen molar-refractivity contribution in [2.45, 2.75) is 0 Å². The third-order valence-electron chi connectivity index (χ3n) is 3.21. The Labute approximate surface area is 126 Å². The minimum absolute atomic E-state index is 0.0225. The van der Waals surface area contributed by atoms with Crippen LogP contribution in [0.1, 0.15) is 10.4 Å². The second kappa shape index (κ2) is 5.54. The first kappa shape index (κ1) is 13.6. The number of halogens is 2. The fraction of sp³-hybridized carbons (Fsp3) is 0. The summed E-state index contributed by atoms with van der Waals surface area (Å²) in [4.78, 5) is 12.4. The van der Waals surface area contributed by atoms with Gasteiger partial charge in [0.1, 0.15) is 5.82 Å². The van der Waals surface area contributed by atoms with E-state index in [1.54, 1.807) is 6.07 Å². The molecule has 0 bridgehead atoms. The van der Waals surface area contributed by atoms with Gasteiger partial charge in [0.25, 0.3) is 5.91 Å². The van der Waals surface area contributed by atoms with Gasteiger partial charge in [-0.25, -0.2) is 4.39 Å². The Morgan fingerprint density at radius 3 is 2.57 bits per heavy atom. The lowest BCUT2D eigenvalue weighted by Gasteiger charge is -2.08. The van der Waals surface area contributed by atoms with Crippen LogP contribution in [-0.4, -0.2) is 5.91 Å². The maximum absolute atomic E-state index is 13.1. The van der Waals surface area contributed by atoms with Gasteiger partial charge in [-0.2, -0.15) is 0 Å². The van der Waals surface area contributed by atoms with Gasteiger partial charge in [0.2, 0.25) is 0 Å². The topological polar surface area (TPSA) is 29.1 Å². The molecule has 3 aromatic rings. The minimum Gasteiger partial charge on any atom is -0.322 e. The number of benzene rings is 3. The summed E-state index contributed by atoms with van der Waals surface area (Å²) in [5.41, 5.74) is 1.02. The smallest absolute Gasteiger partial charge is 0.256 e. The van der Waals surface area contributed by atoms with E-state index in [0.29, 0.717) is 11.3 Å². The molecule has 1 amide bonds. The van der Waals surface area contributed by atoms with E-state index in [2.05, 4.69) is 5.32 Å². The number of carbonyl (C=O) groups excluding carboxylic acids is 1. The van der Waals surface area contributed by atoms with Gasteiger partial charge in [-0.3, -0.25) is 4.79 Å². The number of amides is 1. The van der Waals surface area contributed by atoms with Gasteiger partial charge in [-0.1, -0.05) is 48.0 Å². The molecule has 0 unspecified atom stereocenters. The third kappa shape index (κ3) is 2.73. The van der Waals surface area contributed by atoms with Gasteiger partial charge in [0, 0.05) is 11.3 Å². The number of fused-ring (bicyclic) bond motifs is 1. The van der Waals surface area contributed by atoms with Crippen LogP contribution in [0.2, 0.25) is 5.02 Å². The molecule has 1 N–H and O–H groups in total. The Morgan fingerprint density at radius 2 is 1.76 bits per heavy atom. The van der Waals surface area contributed by atoms with E-state index in [-0.39, 0.29) is 10.9 Å². The number of anilines is 1. The predicted molar refractivity (Wildman–Crippen MR) is 83.3 cm³/mol. The Balaban J connectivity index is 1.95. The van der Waals surface area contributed by atoms with E-state index in [0.717, 1.165) is 10.8 Å². The standard InChI is InChI=1S/C17H11ClFNO/c18-15-10-12(8-9-16(15)19)20-17(21)14-7-3-5-11-4-1-2-6-13(11)14/h1-10H,(H,20,21). The summed E-state index contributed by atoms with van der Waals surface area (Å²) in [6.07, 6.45) is 0. The van der Waals surface area contributed by atoms with Crippen LogP contribution < -0.4 is 5.32 Å². The van der Waals surface area contributed by atoms with Crippen LogP contribution in [0.15, 0.2) is 60.7 Å². The van der Waals surface area contributed by atoms with Crippen molar-refractivity contribution in [2.24, 2.45) is 0 Å². The summed E-state index contributed by atoms with van der Waals surface area (Å²) in [5.74, 6) is -0.769. The summed E-state index contributed by atoms with van der Waals surface area (Å²) in [5, 5.41) is 4.56. The highest BCUT2D eigenvalue weighted by atomic mass is 35.5. The lowest BCUT2D eigenvalue weighted by atomic mass is 10.0. The Hall–Kier alpha value is -2.39. The normalized spacial score (nSPS) is 10.6. The fourth-order valence-electron chi connectivity index (χ4n) is 2.20. The van der Waals surface area contributed by atoms with Crippen LogP contribution in [0.4, 0.5) is 10.1 Å². The van der Waals surface area contributed by atoms with Crippen molar-refractivity contribution < 1.29 is 9.18 Å². The molecule has 0 aliphatic heterocycles. The molecular weight excluding hydrogens is 289 g/mol. The van der Waals surface area contributed by atoms with Crippen molar-refractivity contribution in [2.75, 3.05) is 5.32 Å². The molecule has 0 saturated heterocycles. The molecule has 4 heteroatoms. The van der Waals surface area contributed by atoms with Gasteiger partial charge >= 0.3 is 0 Å². The van der Waals surface area contributed by atoms with Crippen molar-refractivity contribution in [1.29, 1.82) is 0 Å². The number of hydrogen-bond donors (Lipinski definition) is 1. The predicted octanol–water partition coefficient (Wildman–Crippen LogP) is 4.88. The molecule has 104 valence electrons. The highest BCUT2D eigenvalue weighted by Crippen LogP contribution is 2.22. The lowest BCUT2D eigenvalue weighted by Crippen LogP contribution is -2.12. The molecule has 0 radical (unpaired) electrons. The van der Waals surface area contributed by atoms with Crippen molar-refractivity contribution in [3.05, 3.63) is 77.1 Å². The fourth-order valence-corrected chi connectivity index (χ4v) is 2.38. The van der Waals surface area contributed by atoms with E-state index >= 15 is 0 Å². The molecule has 0 spiro atoms. The van der Waals surface area contributed by atoms with E-state index in [1.807, 2.05) is 36.4 Å². The molecule has 0 aliphatic carbocycles. The van der Waals surface area contributed by atoms with Crippen molar-refractivity contribution in [3.63, 3.8) is 0 Å². The first-order chi connectivity index (χ1) is 10.1. The van der Waals surface area contributed by atoms with E-state index in [9.17, 15) is 9.18 Å². The van der Waals surface area contributed by atoms with Gasteiger partial charge in [-0.15, -0.1) is 0 Å².